The maximum atomic E-state index is 4.21. The third-order valence-corrected chi connectivity index (χ3v) is 2.50. The van der Waals surface area contributed by atoms with Gasteiger partial charge in [0.15, 0.2) is 0 Å². The van der Waals surface area contributed by atoms with Crippen LogP contribution in [0.15, 0.2) is 17.2 Å². The van der Waals surface area contributed by atoms with Crippen LogP contribution in [0.5, 0.6) is 0 Å². The Morgan fingerprint density at radius 2 is 2.43 bits per heavy atom. The maximum absolute atomic E-state index is 4.21. The molecule has 0 aliphatic heterocycles. The molecule has 1 aromatic rings. The first kappa shape index (κ1) is 11.4. The maximum Gasteiger partial charge on any atom is 0.115 e. The van der Waals surface area contributed by atoms with Gasteiger partial charge in [-0.3, -0.25) is 0 Å². The van der Waals surface area contributed by atoms with E-state index in [1.54, 1.807) is 11.3 Å². The van der Waals surface area contributed by atoms with Gasteiger partial charge in [0.1, 0.15) is 5.01 Å². The summed E-state index contributed by atoms with van der Waals surface area (Å²) in [5, 5.41) is 6.50. The number of hydrogen-bond acceptors (Lipinski definition) is 3. The van der Waals surface area contributed by atoms with Crippen molar-refractivity contribution < 1.29 is 0 Å². The fraction of sp³-hybridized carbons (Fsp3) is 0.545. The zero-order chi connectivity index (χ0) is 10.4. The molecule has 3 heteroatoms. The van der Waals surface area contributed by atoms with E-state index in [1.165, 1.54) is 5.57 Å². The van der Waals surface area contributed by atoms with E-state index in [4.69, 9.17) is 0 Å². The van der Waals surface area contributed by atoms with Crippen molar-refractivity contribution in [2.45, 2.75) is 20.8 Å². The Morgan fingerprint density at radius 3 is 3.00 bits per heavy atom. The minimum absolute atomic E-state index is 0.711. The highest BCUT2D eigenvalue weighted by Gasteiger charge is 1.95. The molecule has 0 unspecified atom stereocenters. The lowest BCUT2D eigenvalue weighted by molar-refractivity contribution is 0.572. The third kappa shape index (κ3) is 4.53. The molecular formula is C11H18N2S. The molecule has 1 N–H and O–H groups in total. The van der Waals surface area contributed by atoms with Crippen molar-refractivity contribution in [1.29, 1.82) is 0 Å². The fourth-order valence-electron chi connectivity index (χ4n) is 1.13. The molecule has 1 heterocycles. The van der Waals surface area contributed by atoms with Crippen LogP contribution < -0.4 is 5.32 Å². The van der Waals surface area contributed by atoms with E-state index in [9.17, 15) is 0 Å². The number of nitrogens with zero attached hydrogens (tertiary/aromatic N) is 1. The van der Waals surface area contributed by atoms with Crippen LogP contribution in [0.1, 0.15) is 25.8 Å². The molecule has 1 aromatic heterocycles. The van der Waals surface area contributed by atoms with E-state index in [-0.39, 0.29) is 0 Å². The van der Waals surface area contributed by atoms with Crippen molar-refractivity contribution in [3.05, 3.63) is 22.2 Å². The fourth-order valence-corrected chi connectivity index (χ4v) is 1.78. The molecule has 2 nitrogen and oxygen atoms in total. The first-order chi connectivity index (χ1) is 6.68. The van der Waals surface area contributed by atoms with E-state index >= 15 is 0 Å². The predicted molar refractivity (Wildman–Crippen MR) is 63.5 cm³/mol. The van der Waals surface area contributed by atoms with Crippen LogP contribution in [0.2, 0.25) is 0 Å². The van der Waals surface area contributed by atoms with Gasteiger partial charge < -0.3 is 5.32 Å². The molecular weight excluding hydrogens is 192 g/mol. The topological polar surface area (TPSA) is 24.9 Å². The monoisotopic (exact) mass is 210 g/mol. The van der Waals surface area contributed by atoms with Gasteiger partial charge in [-0.2, -0.15) is 0 Å². The zero-order valence-corrected chi connectivity index (χ0v) is 9.90. The smallest absolute Gasteiger partial charge is 0.115 e. The van der Waals surface area contributed by atoms with Gasteiger partial charge in [-0.05, 0) is 25.5 Å². The van der Waals surface area contributed by atoms with Crippen LogP contribution in [0.25, 0.3) is 6.08 Å². The van der Waals surface area contributed by atoms with Crippen molar-refractivity contribution in [2.75, 3.05) is 13.1 Å². The van der Waals surface area contributed by atoms with Gasteiger partial charge >= 0.3 is 0 Å². The Balaban J connectivity index is 2.31. The van der Waals surface area contributed by atoms with Crippen LogP contribution in [-0.4, -0.2) is 18.1 Å². The van der Waals surface area contributed by atoms with Gasteiger partial charge in [0, 0.05) is 18.1 Å². The Hall–Kier alpha value is -0.670. The number of hydrogen-bond donors (Lipinski definition) is 1. The predicted octanol–water partition coefficient (Wildman–Crippen LogP) is 2.79. The first-order valence-electron chi connectivity index (χ1n) is 4.96. The van der Waals surface area contributed by atoms with Crippen molar-refractivity contribution in [1.82, 2.24) is 10.3 Å². The molecule has 0 fully saturated rings. The summed E-state index contributed by atoms with van der Waals surface area (Å²) >= 11 is 1.68. The average Bonchev–Trinajstić information content (AvgIpc) is 2.56. The second kappa shape index (κ2) is 5.94. The summed E-state index contributed by atoms with van der Waals surface area (Å²) in [6.45, 7) is 8.59. The Kier molecular flexibility index (Phi) is 4.84. The first-order valence-corrected chi connectivity index (χ1v) is 5.84. The van der Waals surface area contributed by atoms with E-state index in [0.29, 0.717) is 5.92 Å². The lowest BCUT2D eigenvalue weighted by atomic mass is 10.2. The van der Waals surface area contributed by atoms with Crippen LogP contribution in [-0.2, 0) is 0 Å². The highest BCUT2D eigenvalue weighted by molar-refractivity contribution is 7.10. The van der Waals surface area contributed by atoms with Gasteiger partial charge in [-0.15, -0.1) is 11.3 Å². The molecule has 0 amide bonds. The van der Waals surface area contributed by atoms with Gasteiger partial charge in [0.25, 0.3) is 0 Å². The van der Waals surface area contributed by atoms with Crippen LogP contribution in [0.4, 0.5) is 0 Å². The second-order valence-electron chi connectivity index (χ2n) is 3.89. The molecule has 78 valence electrons. The Morgan fingerprint density at radius 1 is 1.64 bits per heavy atom. The second-order valence-corrected chi connectivity index (χ2v) is 4.81. The lowest BCUT2D eigenvalue weighted by Gasteiger charge is -2.06. The molecule has 0 saturated heterocycles. The molecule has 0 aliphatic rings. The molecule has 0 spiro atoms. The minimum atomic E-state index is 0.711. The molecule has 0 bridgehead atoms. The van der Waals surface area contributed by atoms with E-state index in [1.807, 2.05) is 11.6 Å². The summed E-state index contributed by atoms with van der Waals surface area (Å²) in [5.41, 5.74) is 1.33. The summed E-state index contributed by atoms with van der Waals surface area (Å²) in [7, 11) is 0. The number of nitrogens with one attached hydrogen (secondary N) is 1. The summed E-state index contributed by atoms with van der Waals surface area (Å²) in [6.07, 6.45) is 3.98. The highest BCUT2D eigenvalue weighted by Crippen LogP contribution is 2.08. The largest absolute Gasteiger partial charge is 0.313 e. The van der Waals surface area contributed by atoms with E-state index < -0.39 is 0 Å². The van der Waals surface area contributed by atoms with Gasteiger partial charge in [0.05, 0.1) is 0 Å². The van der Waals surface area contributed by atoms with Crippen molar-refractivity contribution >= 4 is 17.4 Å². The third-order valence-electron chi connectivity index (χ3n) is 1.78. The number of thiazole rings is 1. The Bertz CT molecular complexity index is 275. The van der Waals surface area contributed by atoms with Gasteiger partial charge in [-0.1, -0.05) is 19.4 Å². The summed E-state index contributed by atoms with van der Waals surface area (Å²) in [5.74, 6) is 0.711. The molecule has 0 aliphatic carbocycles. The van der Waals surface area contributed by atoms with E-state index in [2.05, 4.69) is 37.1 Å². The van der Waals surface area contributed by atoms with Gasteiger partial charge in [0.2, 0.25) is 0 Å². The van der Waals surface area contributed by atoms with Crippen molar-refractivity contribution in [3.8, 4) is 0 Å². The average molecular weight is 210 g/mol. The molecule has 1 rings (SSSR count). The number of aromatic nitrogens is 1. The normalized spacial score (nSPS) is 12.4. The highest BCUT2D eigenvalue weighted by atomic mass is 32.1. The standard InChI is InChI=1S/C11H18N2S/c1-9(2)7-12-8-10(3)6-11-13-4-5-14-11/h4-6,9,12H,7-8H2,1-3H3/b10-6+. The van der Waals surface area contributed by atoms with Crippen molar-refractivity contribution in [3.63, 3.8) is 0 Å². The van der Waals surface area contributed by atoms with Crippen LogP contribution in [0, 0.1) is 5.92 Å². The van der Waals surface area contributed by atoms with Crippen molar-refractivity contribution in [2.24, 2.45) is 5.92 Å². The quantitative estimate of drug-likeness (QED) is 0.808. The number of rotatable bonds is 5. The summed E-state index contributed by atoms with van der Waals surface area (Å²) in [4.78, 5) is 4.21. The molecule has 14 heavy (non-hydrogen) atoms. The molecule has 0 radical (unpaired) electrons. The summed E-state index contributed by atoms with van der Waals surface area (Å²) in [6, 6.07) is 0. The molecule has 0 aromatic carbocycles. The van der Waals surface area contributed by atoms with Crippen LogP contribution >= 0.6 is 11.3 Å². The minimum Gasteiger partial charge on any atom is -0.313 e. The molecule has 0 atom stereocenters. The lowest BCUT2D eigenvalue weighted by Crippen LogP contribution is -2.21. The Labute approximate surface area is 90.1 Å². The summed E-state index contributed by atoms with van der Waals surface area (Å²) < 4.78 is 0. The van der Waals surface area contributed by atoms with Gasteiger partial charge in [-0.25, -0.2) is 4.98 Å². The molecule has 0 saturated carbocycles. The van der Waals surface area contributed by atoms with E-state index in [0.717, 1.165) is 18.1 Å². The van der Waals surface area contributed by atoms with Crippen LogP contribution in [0.3, 0.4) is 0 Å². The SMILES string of the molecule is C/C(=C\c1nccs1)CNCC(C)C. The zero-order valence-electron chi connectivity index (χ0n) is 9.08.